The number of aromatic nitrogens is 1. The first-order valence-electron chi connectivity index (χ1n) is 10.2. The molecular formula is C23H34N4O. The smallest absolute Gasteiger partial charge is 0.250 e. The molecule has 152 valence electrons. The largest absolute Gasteiger partial charge is 0.357 e. The van der Waals surface area contributed by atoms with Gasteiger partial charge in [-0.3, -0.25) is 9.79 Å². The molecule has 1 aromatic carbocycles. The molecule has 2 rings (SSSR count). The van der Waals surface area contributed by atoms with E-state index in [-0.39, 0.29) is 11.0 Å². The van der Waals surface area contributed by atoms with Crippen molar-refractivity contribution in [3.05, 3.63) is 70.1 Å². The molecule has 0 aliphatic heterocycles. The summed E-state index contributed by atoms with van der Waals surface area (Å²) in [5.74, 6) is 0.847. The number of unbranched alkanes of at least 4 members (excludes halogenated alkanes) is 1. The number of aryl methyl sites for hydroxylation is 1. The van der Waals surface area contributed by atoms with Crippen molar-refractivity contribution in [3.8, 4) is 0 Å². The number of pyridine rings is 1. The molecule has 5 nitrogen and oxygen atoms in total. The Morgan fingerprint density at radius 2 is 1.79 bits per heavy atom. The highest BCUT2D eigenvalue weighted by Gasteiger charge is 2.19. The van der Waals surface area contributed by atoms with Gasteiger partial charge in [-0.2, -0.15) is 0 Å². The monoisotopic (exact) mass is 382 g/mol. The van der Waals surface area contributed by atoms with Crippen LogP contribution in [0.5, 0.6) is 0 Å². The van der Waals surface area contributed by atoms with Crippen LogP contribution in [0.1, 0.15) is 44.9 Å². The number of guanidine groups is 1. The molecule has 1 aromatic heterocycles. The summed E-state index contributed by atoms with van der Waals surface area (Å²) in [6.07, 6.45) is 1.93. The zero-order valence-corrected chi connectivity index (χ0v) is 17.7. The van der Waals surface area contributed by atoms with Gasteiger partial charge in [-0.1, -0.05) is 50.2 Å². The zero-order chi connectivity index (χ0) is 20.4. The molecule has 5 heteroatoms. The fourth-order valence-electron chi connectivity index (χ4n) is 3.11. The van der Waals surface area contributed by atoms with Gasteiger partial charge in [0.2, 0.25) is 0 Å². The van der Waals surface area contributed by atoms with E-state index in [1.807, 2.05) is 29.7 Å². The highest BCUT2D eigenvalue weighted by molar-refractivity contribution is 5.79. The van der Waals surface area contributed by atoms with Crippen molar-refractivity contribution < 1.29 is 0 Å². The molecule has 0 fully saturated rings. The van der Waals surface area contributed by atoms with E-state index in [1.54, 1.807) is 6.07 Å². The van der Waals surface area contributed by atoms with Gasteiger partial charge in [0.15, 0.2) is 5.96 Å². The van der Waals surface area contributed by atoms with Crippen molar-refractivity contribution in [2.45, 2.75) is 52.5 Å². The van der Waals surface area contributed by atoms with Crippen LogP contribution >= 0.6 is 0 Å². The molecule has 0 unspecified atom stereocenters. The first kappa shape index (κ1) is 21.7. The quantitative estimate of drug-likeness (QED) is 0.397. The van der Waals surface area contributed by atoms with Crippen LogP contribution in [-0.4, -0.2) is 30.2 Å². The van der Waals surface area contributed by atoms with Gasteiger partial charge >= 0.3 is 0 Å². The maximum atomic E-state index is 11.9. The zero-order valence-electron chi connectivity index (χ0n) is 17.7. The van der Waals surface area contributed by atoms with E-state index in [0.717, 1.165) is 44.1 Å². The van der Waals surface area contributed by atoms with Gasteiger partial charge in [0.05, 0.1) is 6.54 Å². The second-order valence-electron chi connectivity index (χ2n) is 7.74. The molecule has 2 N–H and O–H groups in total. The highest BCUT2D eigenvalue weighted by atomic mass is 16.1. The van der Waals surface area contributed by atoms with Crippen LogP contribution in [0.3, 0.4) is 0 Å². The average molecular weight is 383 g/mol. The highest BCUT2D eigenvalue weighted by Crippen LogP contribution is 2.22. The lowest BCUT2D eigenvalue weighted by Crippen LogP contribution is -2.39. The van der Waals surface area contributed by atoms with Gasteiger partial charge in [0, 0.05) is 36.8 Å². The number of rotatable bonds is 9. The molecule has 0 bridgehead atoms. The molecule has 2 aromatic rings. The van der Waals surface area contributed by atoms with Gasteiger partial charge < -0.3 is 15.2 Å². The van der Waals surface area contributed by atoms with Crippen LogP contribution in [0, 0.1) is 6.92 Å². The summed E-state index contributed by atoms with van der Waals surface area (Å²) in [6.45, 7) is 11.6. The lowest BCUT2D eigenvalue weighted by atomic mass is 9.85. The Labute approximate surface area is 168 Å². The molecule has 0 aliphatic rings. The molecule has 0 saturated carbocycles. The Bertz CT molecular complexity index is 809. The number of nitrogens with one attached hydrogen (secondary N) is 2. The van der Waals surface area contributed by atoms with E-state index in [2.05, 4.69) is 55.7 Å². The molecule has 0 radical (unpaired) electrons. The Hall–Kier alpha value is -2.56. The number of hydrogen-bond acceptors (Lipinski definition) is 2. The van der Waals surface area contributed by atoms with Gasteiger partial charge in [0.25, 0.3) is 5.56 Å². The minimum absolute atomic E-state index is 0.0182. The molecule has 0 saturated heterocycles. The maximum absolute atomic E-state index is 11.9. The standard InChI is InChI=1S/C23H34N4O/c1-5-24-22(26-18-23(3,4)20-13-7-6-8-14-20)25-16-9-10-17-27-19(2)12-11-15-21(27)28/h6-8,11-15H,5,9-10,16-18H2,1-4H3,(H2,24,25,26). The van der Waals surface area contributed by atoms with Crippen molar-refractivity contribution in [2.24, 2.45) is 4.99 Å². The molecule has 1 heterocycles. The van der Waals surface area contributed by atoms with Crippen LogP contribution in [0.2, 0.25) is 0 Å². The van der Waals surface area contributed by atoms with Crippen LogP contribution in [0.4, 0.5) is 0 Å². The Morgan fingerprint density at radius 1 is 1.04 bits per heavy atom. The molecule has 0 spiro atoms. The lowest BCUT2D eigenvalue weighted by Gasteiger charge is -2.24. The normalized spacial score (nSPS) is 12.1. The number of nitrogens with zero attached hydrogens (tertiary/aromatic N) is 2. The first-order chi connectivity index (χ1) is 13.4. The Kier molecular flexibility index (Phi) is 8.30. The SMILES string of the molecule is CCNC(=NCC(C)(C)c1ccccc1)NCCCCn1c(C)cccc1=O. The van der Waals surface area contributed by atoms with E-state index in [9.17, 15) is 4.79 Å². The third-order valence-electron chi connectivity index (χ3n) is 4.90. The van der Waals surface area contributed by atoms with Gasteiger partial charge in [-0.25, -0.2) is 0 Å². The fourth-order valence-corrected chi connectivity index (χ4v) is 3.11. The fraction of sp³-hybridized carbons (Fsp3) is 0.478. The van der Waals surface area contributed by atoms with E-state index < -0.39 is 0 Å². The summed E-state index contributed by atoms with van der Waals surface area (Å²) in [6, 6.07) is 15.9. The summed E-state index contributed by atoms with van der Waals surface area (Å²) >= 11 is 0. The van der Waals surface area contributed by atoms with Crippen molar-refractivity contribution >= 4 is 5.96 Å². The van der Waals surface area contributed by atoms with Crippen LogP contribution < -0.4 is 16.2 Å². The predicted octanol–water partition coefficient (Wildman–Crippen LogP) is 3.47. The summed E-state index contributed by atoms with van der Waals surface area (Å²) in [5.41, 5.74) is 2.36. The van der Waals surface area contributed by atoms with Crippen LogP contribution in [0.25, 0.3) is 0 Å². The second-order valence-corrected chi connectivity index (χ2v) is 7.74. The topological polar surface area (TPSA) is 58.4 Å². The molecule has 28 heavy (non-hydrogen) atoms. The third-order valence-corrected chi connectivity index (χ3v) is 4.90. The van der Waals surface area contributed by atoms with E-state index in [1.165, 1.54) is 5.56 Å². The van der Waals surface area contributed by atoms with Crippen molar-refractivity contribution in [1.29, 1.82) is 0 Å². The molecular weight excluding hydrogens is 348 g/mol. The van der Waals surface area contributed by atoms with E-state index >= 15 is 0 Å². The van der Waals surface area contributed by atoms with Crippen molar-refractivity contribution in [1.82, 2.24) is 15.2 Å². The minimum Gasteiger partial charge on any atom is -0.357 e. The van der Waals surface area contributed by atoms with Gasteiger partial charge in [-0.15, -0.1) is 0 Å². The van der Waals surface area contributed by atoms with Gasteiger partial charge in [0.1, 0.15) is 0 Å². The van der Waals surface area contributed by atoms with E-state index in [0.29, 0.717) is 6.54 Å². The Balaban J connectivity index is 1.84. The summed E-state index contributed by atoms with van der Waals surface area (Å²) in [7, 11) is 0. The Morgan fingerprint density at radius 3 is 2.46 bits per heavy atom. The van der Waals surface area contributed by atoms with Crippen LogP contribution in [-0.2, 0) is 12.0 Å². The molecule has 0 amide bonds. The summed E-state index contributed by atoms with van der Waals surface area (Å²) in [4.78, 5) is 16.7. The molecule has 0 atom stereocenters. The molecule has 0 aliphatic carbocycles. The number of benzene rings is 1. The van der Waals surface area contributed by atoms with Gasteiger partial charge in [-0.05, 0) is 38.3 Å². The average Bonchev–Trinajstić information content (AvgIpc) is 2.68. The first-order valence-corrected chi connectivity index (χ1v) is 10.2. The number of aliphatic imine (C=N–C) groups is 1. The predicted molar refractivity (Wildman–Crippen MR) is 118 cm³/mol. The number of hydrogen-bond donors (Lipinski definition) is 2. The third kappa shape index (κ3) is 6.55. The maximum Gasteiger partial charge on any atom is 0.250 e. The van der Waals surface area contributed by atoms with Crippen molar-refractivity contribution in [3.63, 3.8) is 0 Å². The minimum atomic E-state index is -0.0182. The lowest BCUT2D eigenvalue weighted by molar-refractivity contribution is 0.535. The summed E-state index contributed by atoms with van der Waals surface area (Å²) in [5, 5.41) is 6.73. The van der Waals surface area contributed by atoms with Crippen molar-refractivity contribution in [2.75, 3.05) is 19.6 Å². The van der Waals surface area contributed by atoms with E-state index in [4.69, 9.17) is 4.99 Å². The van der Waals surface area contributed by atoms with Crippen LogP contribution in [0.15, 0.2) is 58.3 Å². The summed E-state index contributed by atoms with van der Waals surface area (Å²) < 4.78 is 1.83. The second kappa shape index (κ2) is 10.7.